The van der Waals surface area contributed by atoms with Crippen LogP contribution in [-0.4, -0.2) is 29.7 Å². The van der Waals surface area contributed by atoms with Crippen LogP contribution in [0.4, 0.5) is 0 Å². The van der Waals surface area contributed by atoms with E-state index in [-0.39, 0.29) is 12.4 Å². The maximum absolute atomic E-state index is 11.8. The highest BCUT2D eigenvalue weighted by atomic mass is 16.6. The van der Waals surface area contributed by atoms with Gasteiger partial charge < -0.3 is 9.84 Å². The number of hydrogen-bond donors (Lipinski definition) is 1. The van der Waals surface area contributed by atoms with Crippen molar-refractivity contribution in [2.24, 2.45) is 0 Å². The Bertz CT molecular complexity index is 284. The molecule has 0 aromatic rings. The third kappa shape index (κ3) is 8.28. The molecule has 0 aromatic heterocycles. The Morgan fingerprint density at radius 3 is 1.64 bits per heavy atom. The second kappa shape index (κ2) is 12.1. The monoisotopic (exact) mass is 312 g/mol. The number of Topliss-reactive ketones (excluding diaryl/α,β-unsaturated/α-hetero) is 1. The highest BCUT2D eigenvalue weighted by molar-refractivity contribution is 5.89. The number of carbonyl (C=O) groups is 1. The summed E-state index contributed by atoms with van der Waals surface area (Å²) in [5, 5.41) is 9.08. The normalized spacial score (nSPS) is 20.3. The third-order valence-corrected chi connectivity index (χ3v) is 4.76. The van der Waals surface area contributed by atoms with E-state index in [1.54, 1.807) is 0 Å². The number of epoxide rings is 1. The molecule has 0 bridgehead atoms. The van der Waals surface area contributed by atoms with Crippen molar-refractivity contribution >= 4 is 5.78 Å². The summed E-state index contributed by atoms with van der Waals surface area (Å²) in [7, 11) is 0. The van der Waals surface area contributed by atoms with E-state index >= 15 is 0 Å². The Morgan fingerprint density at radius 2 is 1.27 bits per heavy atom. The summed E-state index contributed by atoms with van der Waals surface area (Å²) in [6.45, 7) is 2.53. The fourth-order valence-corrected chi connectivity index (χ4v) is 2.96. The molecule has 0 aliphatic carbocycles. The standard InChI is InChI=1S/C19H36O3/c1-2-3-4-5-6-7-8-9-10-11-12-13-14-15-18(21)19(16-20)17-22-19/h20H,2-17H2,1H3/t19-/m1/s1. The van der Waals surface area contributed by atoms with E-state index in [1.165, 1.54) is 70.6 Å². The highest BCUT2D eigenvalue weighted by Crippen LogP contribution is 2.29. The van der Waals surface area contributed by atoms with E-state index in [4.69, 9.17) is 9.84 Å². The molecule has 22 heavy (non-hydrogen) atoms. The lowest BCUT2D eigenvalue weighted by Gasteiger charge is -2.06. The first kappa shape index (κ1) is 19.6. The van der Waals surface area contributed by atoms with Crippen LogP contribution in [0.1, 0.15) is 96.8 Å². The van der Waals surface area contributed by atoms with Gasteiger partial charge in [0.2, 0.25) is 0 Å². The van der Waals surface area contributed by atoms with Crippen molar-refractivity contribution < 1.29 is 14.6 Å². The number of carbonyl (C=O) groups excluding carboxylic acids is 1. The number of unbranched alkanes of at least 4 members (excludes halogenated alkanes) is 12. The van der Waals surface area contributed by atoms with E-state index in [1.807, 2.05) is 0 Å². The van der Waals surface area contributed by atoms with E-state index < -0.39 is 5.60 Å². The van der Waals surface area contributed by atoms with Crippen molar-refractivity contribution in [2.45, 2.75) is 102 Å². The molecular formula is C19H36O3. The predicted molar refractivity (Wildman–Crippen MR) is 91.1 cm³/mol. The van der Waals surface area contributed by atoms with Crippen LogP contribution >= 0.6 is 0 Å². The van der Waals surface area contributed by atoms with Crippen LogP contribution in [0.15, 0.2) is 0 Å². The van der Waals surface area contributed by atoms with Gasteiger partial charge in [-0.3, -0.25) is 4.79 Å². The van der Waals surface area contributed by atoms with Crippen molar-refractivity contribution in [1.29, 1.82) is 0 Å². The number of aliphatic hydroxyl groups is 1. The van der Waals surface area contributed by atoms with Crippen LogP contribution in [-0.2, 0) is 9.53 Å². The minimum atomic E-state index is -0.795. The predicted octanol–water partition coefficient (Wildman–Crippen LogP) is 4.80. The summed E-state index contributed by atoms with van der Waals surface area (Å²) in [6.07, 6.45) is 17.7. The summed E-state index contributed by atoms with van der Waals surface area (Å²) in [5.74, 6) is 0.0954. The van der Waals surface area contributed by atoms with Crippen LogP contribution in [0, 0.1) is 0 Å². The number of ketones is 1. The topological polar surface area (TPSA) is 49.8 Å². The molecule has 1 fully saturated rings. The minimum Gasteiger partial charge on any atom is -0.393 e. The van der Waals surface area contributed by atoms with Gasteiger partial charge in [-0.1, -0.05) is 84.0 Å². The summed E-state index contributed by atoms with van der Waals surface area (Å²) in [6, 6.07) is 0. The fraction of sp³-hybridized carbons (Fsp3) is 0.947. The van der Waals surface area contributed by atoms with Crippen molar-refractivity contribution in [2.75, 3.05) is 13.2 Å². The maximum atomic E-state index is 11.8. The molecule has 1 aliphatic rings. The Hall–Kier alpha value is -0.410. The van der Waals surface area contributed by atoms with E-state index in [0.29, 0.717) is 13.0 Å². The molecule has 1 heterocycles. The molecule has 1 N–H and O–H groups in total. The summed E-state index contributed by atoms with van der Waals surface area (Å²) in [4.78, 5) is 11.8. The Morgan fingerprint density at radius 1 is 0.864 bits per heavy atom. The molecule has 1 aliphatic heterocycles. The lowest BCUT2D eigenvalue weighted by molar-refractivity contribution is -0.125. The molecule has 0 radical (unpaired) electrons. The van der Waals surface area contributed by atoms with Gasteiger partial charge in [0.05, 0.1) is 13.2 Å². The Balaban J connectivity index is 1.76. The van der Waals surface area contributed by atoms with Gasteiger partial charge >= 0.3 is 0 Å². The zero-order valence-electron chi connectivity index (χ0n) is 14.6. The van der Waals surface area contributed by atoms with Crippen LogP contribution < -0.4 is 0 Å². The highest BCUT2D eigenvalue weighted by Gasteiger charge is 2.50. The third-order valence-electron chi connectivity index (χ3n) is 4.76. The summed E-state index contributed by atoms with van der Waals surface area (Å²) in [5.41, 5.74) is -0.795. The molecule has 1 rings (SSSR count). The second-order valence-corrected chi connectivity index (χ2v) is 6.86. The zero-order valence-corrected chi connectivity index (χ0v) is 14.6. The Labute approximate surface area is 136 Å². The van der Waals surface area contributed by atoms with Crippen LogP contribution in [0.2, 0.25) is 0 Å². The second-order valence-electron chi connectivity index (χ2n) is 6.86. The minimum absolute atomic E-state index is 0.0954. The van der Waals surface area contributed by atoms with Gasteiger partial charge in [0.1, 0.15) is 0 Å². The average Bonchev–Trinajstić information content (AvgIpc) is 3.33. The smallest absolute Gasteiger partial charge is 0.172 e. The van der Waals surface area contributed by atoms with Gasteiger partial charge in [-0.25, -0.2) is 0 Å². The van der Waals surface area contributed by atoms with Crippen LogP contribution in [0.3, 0.4) is 0 Å². The van der Waals surface area contributed by atoms with E-state index in [2.05, 4.69) is 6.92 Å². The largest absolute Gasteiger partial charge is 0.393 e. The van der Waals surface area contributed by atoms with Gasteiger partial charge in [0, 0.05) is 6.42 Å². The molecule has 0 amide bonds. The summed E-state index contributed by atoms with van der Waals surface area (Å²) < 4.78 is 5.07. The first-order chi connectivity index (χ1) is 10.7. The molecule has 1 saturated heterocycles. The lowest BCUT2D eigenvalue weighted by Crippen LogP contribution is -2.28. The number of aliphatic hydroxyl groups excluding tert-OH is 1. The van der Waals surface area contributed by atoms with Gasteiger partial charge in [0.15, 0.2) is 11.4 Å². The molecular weight excluding hydrogens is 276 g/mol. The molecule has 0 unspecified atom stereocenters. The summed E-state index contributed by atoms with van der Waals surface area (Å²) >= 11 is 0. The van der Waals surface area contributed by atoms with Gasteiger partial charge in [-0.2, -0.15) is 0 Å². The van der Waals surface area contributed by atoms with Crippen molar-refractivity contribution in [3.8, 4) is 0 Å². The number of ether oxygens (including phenoxy) is 1. The zero-order chi connectivity index (χ0) is 16.1. The van der Waals surface area contributed by atoms with Crippen LogP contribution in [0.5, 0.6) is 0 Å². The lowest BCUT2D eigenvalue weighted by atomic mass is 9.99. The van der Waals surface area contributed by atoms with Gasteiger partial charge in [-0.05, 0) is 6.42 Å². The molecule has 0 saturated carbocycles. The van der Waals surface area contributed by atoms with Gasteiger partial charge in [-0.15, -0.1) is 0 Å². The Kier molecular flexibility index (Phi) is 10.8. The SMILES string of the molecule is CCCCCCCCCCCCCCCC(=O)[C@@]1(CO)CO1. The number of hydrogen-bond acceptors (Lipinski definition) is 3. The molecule has 3 heteroatoms. The average molecular weight is 312 g/mol. The molecule has 3 nitrogen and oxygen atoms in total. The molecule has 1 atom stereocenters. The van der Waals surface area contributed by atoms with E-state index in [0.717, 1.165) is 12.8 Å². The van der Waals surface area contributed by atoms with Crippen molar-refractivity contribution in [1.82, 2.24) is 0 Å². The van der Waals surface area contributed by atoms with Crippen LogP contribution in [0.25, 0.3) is 0 Å². The molecule has 130 valence electrons. The first-order valence-corrected chi connectivity index (χ1v) is 9.53. The first-order valence-electron chi connectivity index (χ1n) is 9.53. The molecule has 0 spiro atoms. The van der Waals surface area contributed by atoms with Gasteiger partial charge in [0.25, 0.3) is 0 Å². The fourth-order valence-electron chi connectivity index (χ4n) is 2.96. The quantitative estimate of drug-likeness (QED) is 0.329. The molecule has 0 aromatic carbocycles. The van der Waals surface area contributed by atoms with E-state index in [9.17, 15) is 4.79 Å². The number of rotatable bonds is 16. The van der Waals surface area contributed by atoms with Crippen molar-refractivity contribution in [3.63, 3.8) is 0 Å². The van der Waals surface area contributed by atoms with Crippen molar-refractivity contribution in [3.05, 3.63) is 0 Å². The maximum Gasteiger partial charge on any atom is 0.172 e.